The molecule has 0 unspecified atom stereocenters. The monoisotopic (exact) mass is 290 g/mol. The predicted molar refractivity (Wildman–Crippen MR) is 83.1 cm³/mol. The summed E-state index contributed by atoms with van der Waals surface area (Å²) in [6.07, 6.45) is 3.13. The third kappa shape index (κ3) is 2.54. The molecule has 2 aromatic heterocycles. The van der Waals surface area contributed by atoms with Gasteiger partial charge >= 0.3 is 0 Å². The van der Waals surface area contributed by atoms with E-state index in [0.717, 1.165) is 17.3 Å². The Bertz CT molecular complexity index is 699. The van der Waals surface area contributed by atoms with Crippen LogP contribution in [0.15, 0.2) is 42.6 Å². The molecule has 0 fully saturated rings. The number of para-hydroxylation sites is 1. The van der Waals surface area contributed by atoms with Crippen LogP contribution in [-0.2, 0) is 13.0 Å². The number of hydrogen-bond acceptors (Lipinski definition) is 2. The van der Waals surface area contributed by atoms with E-state index in [4.69, 9.17) is 17.3 Å². The molecule has 0 spiro atoms. The van der Waals surface area contributed by atoms with Crippen molar-refractivity contribution in [2.75, 3.05) is 6.54 Å². The molecule has 0 aliphatic heterocycles. The highest BCUT2D eigenvalue weighted by atomic mass is 35.5. The lowest BCUT2D eigenvalue weighted by Crippen LogP contribution is -2.02. The highest BCUT2D eigenvalue weighted by molar-refractivity contribution is 7.16. The van der Waals surface area contributed by atoms with Gasteiger partial charge in [-0.3, -0.25) is 0 Å². The van der Waals surface area contributed by atoms with Crippen molar-refractivity contribution in [3.63, 3.8) is 0 Å². The Labute approximate surface area is 121 Å². The maximum Gasteiger partial charge on any atom is 0.0931 e. The van der Waals surface area contributed by atoms with Crippen LogP contribution in [0.1, 0.15) is 10.4 Å². The zero-order valence-electron chi connectivity index (χ0n) is 10.5. The van der Waals surface area contributed by atoms with Gasteiger partial charge in [0.05, 0.1) is 10.9 Å². The molecule has 0 amide bonds. The number of thiophene rings is 1. The van der Waals surface area contributed by atoms with Crippen molar-refractivity contribution < 1.29 is 0 Å². The Morgan fingerprint density at radius 3 is 2.74 bits per heavy atom. The van der Waals surface area contributed by atoms with Gasteiger partial charge in [0.25, 0.3) is 0 Å². The lowest BCUT2D eigenvalue weighted by atomic mass is 10.1. The average Bonchev–Trinajstić information content (AvgIpc) is 2.97. The SMILES string of the molecule is NCCc1cn(Cc2ccc(Cl)s2)c2ccccc12. The van der Waals surface area contributed by atoms with Gasteiger partial charge in [0, 0.05) is 22.0 Å². The van der Waals surface area contributed by atoms with E-state index in [1.807, 2.05) is 6.07 Å². The second-order valence-corrected chi connectivity index (χ2v) is 6.34. The molecule has 2 nitrogen and oxygen atoms in total. The molecule has 19 heavy (non-hydrogen) atoms. The first-order chi connectivity index (χ1) is 9.28. The fourth-order valence-corrected chi connectivity index (χ4v) is 3.50. The Balaban J connectivity index is 2.03. The third-order valence-corrected chi connectivity index (χ3v) is 4.46. The Morgan fingerprint density at radius 2 is 2.00 bits per heavy atom. The van der Waals surface area contributed by atoms with Crippen molar-refractivity contribution in [2.24, 2.45) is 5.73 Å². The molecule has 0 aliphatic rings. The maximum atomic E-state index is 5.99. The Kier molecular flexibility index (Phi) is 3.60. The molecule has 0 saturated carbocycles. The lowest BCUT2D eigenvalue weighted by Gasteiger charge is -2.02. The number of fused-ring (bicyclic) bond motifs is 1. The highest BCUT2D eigenvalue weighted by Gasteiger charge is 2.08. The fourth-order valence-electron chi connectivity index (χ4n) is 2.41. The van der Waals surface area contributed by atoms with E-state index >= 15 is 0 Å². The summed E-state index contributed by atoms with van der Waals surface area (Å²) in [5.41, 5.74) is 8.27. The number of nitrogens with two attached hydrogens (primary N) is 1. The molecule has 3 aromatic rings. The molecule has 0 radical (unpaired) electrons. The average molecular weight is 291 g/mol. The van der Waals surface area contributed by atoms with Crippen LogP contribution in [0.2, 0.25) is 4.34 Å². The molecule has 1 aromatic carbocycles. The van der Waals surface area contributed by atoms with Gasteiger partial charge in [0.2, 0.25) is 0 Å². The van der Waals surface area contributed by atoms with Crippen LogP contribution in [0.25, 0.3) is 10.9 Å². The lowest BCUT2D eigenvalue weighted by molar-refractivity contribution is 0.840. The summed E-state index contributed by atoms with van der Waals surface area (Å²) in [6.45, 7) is 1.54. The van der Waals surface area contributed by atoms with E-state index < -0.39 is 0 Å². The zero-order valence-corrected chi connectivity index (χ0v) is 12.0. The number of hydrogen-bond donors (Lipinski definition) is 1. The second-order valence-electron chi connectivity index (χ2n) is 4.54. The van der Waals surface area contributed by atoms with Gasteiger partial charge in [-0.25, -0.2) is 0 Å². The van der Waals surface area contributed by atoms with Crippen molar-refractivity contribution >= 4 is 33.8 Å². The van der Waals surface area contributed by atoms with E-state index in [-0.39, 0.29) is 0 Å². The third-order valence-electron chi connectivity index (χ3n) is 3.24. The van der Waals surface area contributed by atoms with Gasteiger partial charge < -0.3 is 10.3 Å². The summed E-state index contributed by atoms with van der Waals surface area (Å²) < 4.78 is 3.12. The standard InChI is InChI=1S/C15H15ClN2S/c16-15-6-5-12(19-15)10-18-9-11(7-8-17)13-3-1-2-4-14(13)18/h1-6,9H,7-8,10,17H2. The van der Waals surface area contributed by atoms with Crippen LogP contribution in [-0.4, -0.2) is 11.1 Å². The first-order valence-electron chi connectivity index (χ1n) is 6.29. The molecule has 98 valence electrons. The highest BCUT2D eigenvalue weighted by Crippen LogP contribution is 2.26. The van der Waals surface area contributed by atoms with Crippen LogP contribution in [0.4, 0.5) is 0 Å². The number of nitrogens with zero attached hydrogens (tertiary/aromatic N) is 1. The Morgan fingerprint density at radius 1 is 1.16 bits per heavy atom. The quantitative estimate of drug-likeness (QED) is 0.776. The first kappa shape index (κ1) is 12.7. The zero-order chi connectivity index (χ0) is 13.2. The molecule has 0 saturated heterocycles. The minimum absolute atomic E-state index is 0.679. The molecule has 0 atom stereocenters. The molecule has 4 heteroatoms. The van der Waals surface area contributed by atoms with Crippen molar-refractivity contribution in [2.45, 2.75) is 13.0 Å². The van der Waals surface area contributed by atoms with E-state index in [9.17, 15) is 0 Å². The summed E-state index contributed by atoms with van der Waals surface area (Å²) in [5, 5.41) is 1.30. The molecule has 0 bridgehead atoms. The van der Waals surface area contributed by atoms with E-state index in [2.05, 4.69) is 41.1 Å². The molecule has 2 N–H and O–H groups in total. The first-order valence-corrected chi connectivity index (χ1v) is 7.48. The Hall–Kier alpha value is -1.29. The van der Waals surface area contributed by atoms with Crippen molar-refractivity contribution in [3.05, 3.63) is 57.4 Å². The molecule has 2 heterocycles. The number of aromatic nitrogens is 1. The maximum absolute atomic E-state index is 5.99. The van der Waals surface area contributed by atoms with Gasteiger partial charge in [0.15, 0.2) is 0 Å². The van der Waals surface area contributed by atoms with E-state index in [0.29, 0.717) is 6.54 Å². The summed E-state index contributed by atoms with van der Waals surface area (Å²) in [4.78, 5) is 1.27. The molecular formula is C15H15ClN2S. The van der Waals surface area contributed by atoms with Gasteiger partial charge in [-0.1, -0.05) is 29.8 Å². The second kappa shape index (κ2) is 5.37. The van der Waals surface area contributed by atoms with Crippen molar-refractivity contribution in [1.82, 2.24) is 4.57 Å². The number of halogens is 1. The van der Waals surface area contributed by atoms with Gasteiger partial charge in [0.1, 0.15) is 0 Å². The van der Waals surface area contributed by atoms with Crippen LogP contribution in [0, 0.1) is 0 Å². The van der Waals surface area contributed by atoms with Crippen LogP contribution in [0.3, 0.4) is 0 Å². The topological polar surface area (TPSA) is 30.9 Å². The summed E-state index contributed by atoms with van der Waals surface area (Å²) in [6, 6.07) is 12.5. The molecule has 3 rings (SSSR count). The fraction of sp³-hybridized carbons (Fsp3) is 0.200. The minimum Gasteiger partial charge on any atom is -0.342 e. The normalized spacial score (nSPS) is 11.3. The number of benzene rings is 1. The number of rotatable bonds is 4. The summed E-state index contributed by atoms with van der Waals surface area (Å²) in [7, 11) is 0. The molecular weight excluding hydrogens is 276 g/mol. The van der Waals surface area contributed by atoms with Gasteiger partial charge in [-0.15, -0.1) is 11.3 Å². The van der Waals surface area contributed by atoms with Crippen LogP contribution in [0.5, 0.6) is 0 Å². The van der Waals surface area contributed by atoms with Crippen LogP contribution >= 0.6 is 22.9 Å². The smallest absolute Gasteiger partial charge is 0.0931 e. The van der Waals surface area contributed by atoms with Crippen LogP contribution < -0.4 is 5.73 Å². The molecule has 0 aliphatic carbocycles. The van der Waals surface area contributed by atoms with E-state index in [1.54, 1.807) is 11.3 Å². The van der Waals surface area contributed by atoms with E-state index in [1.165, 1.54) is 21.3 Å². The minimum atomic E-state index is 0.679. The summed E-state index contributed by atoms with van der Waals surface area (Å²) >= 11 is 7.63. The largest absolute Gasteiger partial charge is 0.342 e. The van der Waals surface area contributed by atoms with Gasteiger partial charge in [-0.05, 0) is 36.7 Å². The predicted octanol–water partition coefficient (Wildman–Crippen LogP) is 3.91. The van der Waals surface area contributed by atoms with Crippen molar-refractivity contribution in [1.29, 1.82) is 0 Å². The summed E-state index contributed by atoms with van der Waals surface area (Å²) in [5.74, 6) is 0. The van der Waals surface area contributed by atoms with Crippen molar-refractivity contribution in [3.8, 4) is 0 Å². The van der Waals surface area contributed by atoms with Gasteiger partial charge in [-0.2, -0.15) is 0 Å².